The third-order valence-corrected chi connectivity index (χ3v) is 7.57. The molecule has 2 aliphatic rings. The highest BCUT2D eigenvalue weighted by molar-refractivity contribution is 7.89. The number of piperazine rings is 1. The van der Waals surface area contributed by atoms with E-state index in [4.69, 9.17) is 0 Å². The third kappa shape index (κ3) is 3.80. The molecular formula is C20H27FN2O3S. The van der Waals surface area contributed by atoms with Crippen molar-refractivity contribution in [3.8, 4) is 0 Å². The van der Waals surface area contributed by atoms with Crippen LogP contribution in [0.5, 0.6) is 0 Å². The minimum atomic E-state index is -3.74. The van der Waals surface area contributed by atoms with E-state index in [9.17, 15) is 17.6 Å². The van der Waals surface area contributed by atoms with Crippen LogP contribution < -0.4 is 0 Å². The van der Waals surface area contributed by atoms with Crippen molar-refractivity contribution in [2.45, 2.75) is 32.6 Å². The fourth-order valence-corrected chi connectivity index (χ4v) is 5.40. The largest absolute Gasteiger partial charge is 0.340 e. The molecule has 0 bridgehead atoms. The Balaban J connectivity index is 1.66. The topological polar surface area (TPSA) is 57.7 Å². The molecule has 27 heavy (non-hydrogen) atoms. The van der Waals surface area contributed by atoms with Crippen LogP contribution in [-0.2, 0) is 14.8 Å². The number of sulfonamides is 1. The summed E-state index contributed by atoms with van der Waals surface area (Å²) in [5.41, 5.74) is 1.15. The van der Waals surface area contributed by atoms with Gasteiger partial charge in [-0.3, -0.25) is 4.79 Å². The standard InChI is InChI=1S/C20H27FN2O3S/c1-14(2)12-17-18(20(17,3)4)19(24)22-8-10-23(11-9-22)27(25,26)16-7-5-6-15(21)13-16/h5-7,12-13,17-18H,8-11H2,1-4H3. The molecule has 2 fully saturated rings. The zero-order valence-corrected chi connectivity index (χ0v) is 17.1. The first-order valence-corrected chi connectivity index (χ1v) is 10.7. The van der Waals surface area contributed by atoms with Crippen LogP contribution in [0.1, 0.15) is 27.7 Å². The van der Waals surface area contributed by atoms with Crippen molar-refractivity contribution in [2.75, 3.05) is 26.2 Å². The Labute approximate surface area is 160 Å². The molecule has 0 aromatic heterocycles. The smallest absolute Gasteiger partial charge is 0.243 e. The van der Waals surface area contributed by atoms with E-state index in [1.54, 1.807) is 4.90 Å². The second-order valence-electron chi connectivity index (χ2n) is 8.26. The Hall–Kier alpha value is -1.73. The average Bonchev–Trinajstić information content (AvgIpc) is 3.13. The van der Waals surface area contributed by atoms with Gasteiger partial charge < -0.3 is 4.90 Å². The first-order chi connectivity index (χ1) is 12.5. The van der Waals surface area contributed by atoms with Gasteiger partial charge in [-0.2, -0.15) is 4.31 Å². The normalized spacial score (nSPS) is 25.1. The van der Waals surface area contributed by atoms with E-state index < -0.39 is 15.8 Å². The molecule has 0 radical (unpaired) electrons. The maximum Gasteiger partial charge on any atom is 0.243 e. The first kappa shape index (κ1) is 20.0. The lowest BCUT2D eigenvalue weighted by Gasteiger charge is -2.34. The van der Waals surface area contributed by atoms with E-state index in [0.717, 1.165) is 6.07 Å². The number of halogens is 1. The number of carbonyl (C=O) groups is 1. The number of nitrogens with zero attached hydrogens (tertiary/aromatic N) is 2. The van der Waals surface area contributed by atoms with Crippen LogP contribution >= 0.6 is 0 Å². The fraction of sp³-hybridized carbons (Fsp3) is 0.550. The van der Waals surface area contributed by atoms with Gasteiger partial charge in [0.25, 0.3) is 0 Å². The summed E-state index contributed by atoms with van der Waals surface area (Å²) in [7, 11) is -3.74. The number of amides is 1. The number of rotatable bonds is 4. The summed E-state index contributed by atoms with van der Waals surface area (Å²) < 4.78 is 40.1. The summed E-state index contributed by atoms with van der Waals surface area (Å²) >= 11 is 0. The summed E-state index contributed by atoms with van der Waals surface area (Å²) in [5.74, 6) is -0.278. The Kier molecular flexibility index (Phi) is 5.20. The highest BCUT2D eigenvalue weighted by Gasteiger charge is 2.61. The molecule has 5 nitrogen and oxygen atoms in total. The van der Waals surface area contributed by atoms with Crippen LogP contribution in [-0.4, -0.2) is 49.7 Å². The molecule has 1 saturated carbocycles. The number of hydrogen-bond donors (Lipinski definition) is 0. The Morgan fingerprint density at radius 3 is 2.37 bits per heavy atom. The lowest BCUT2D eigenvalue weighted by Crippen LogP contribution is -2.51. The van der Waals surface area contributed by atoms with Gasteiger partial charge in [-0.25, -0.2) is 12.8 Å². The van der Waals surface area contributed by atoms with Crippen molar-refractivity contribution in [2.24, 2.45) is 17.3 Å². The van der Waals surface area contributed by atoms with Gasteiger partial charge in [0.15, 0.2) is 0 Å². The van der Waals surface area contributed by atoms with Gasteiger partial charge in [-0.05, 0) is 43.4 Å². The summed E-state index contributed by atoms with van der Waals surface area (Å²) in [6.45, 7) is 9.45. The molecule has 1 aromatic carbocycles. The van der Waals surface area contributed by atoms with Gasteiger partial charge in [0.1, 0.15) is 5.82 Å². The number of benzene rings is 1. The summed E-state index contributed by atoms with van der Waals surface area (Å²) in [6.07, 6.45) is 2.16. The van der Waals surface area contributed by atoms with E-state index in [-0.39, 0.29) is 41.1 Å². The minimum Gasteiger partial charge on any atom is -0.340 e. The molecule has 2 unspecified atom stereocenters. The first-order valence-electron chi connectivity index (χ1n) is 9.24. The van der Waals surface area contributed by atoms with Crippen LogP contribution in [0.4, 0.5) is 4.39 Å². The maximum atomic E-state index is 13.4. The molecule has 1 heterocycles. The molecule has 148 valence electrons. The molecular weight excluding hydrogens is 367 g/mol. The van der Waals surface area contributed by atoms with Gasteiger partial charge in [0.2, 0.25) is 15.9 Å². The molecule has 0 spiro atoms. The van der Waals surface area contributed by atoms with Gasteiger partial charge in [-0.1, -0.05) is 31.6 Å². The van der Waals surface area contributed by atoms with Crippen molar-refractivity contribution < 1.29 is 17.6 Å². The highest BCUT2D eigenvalue weighted by atomic mass is 32.2. The maximum absolute atomic E-state index is 13.4. The summed E-state index contributed by atoms with van der Waals surface area (Å²) in [6, 6.07) is 5.03. The van der Waals surface area contributed by atoms with E-state index in [2.05, 4.69) is 19.9 Å². The summed E-state index contributed by atoms with van der Waals surface area (Å²) in [5, 5.41) is 0. The second kappa shape index (κ2) is 7.02. The SMILES string of the molecule is CC(C)=CC1C(C(=O)N2CCN(S(=O)(=O)c3cccc(F)c3)CC2)C1(C)C. The highest BCUT2D eigenvalue weighted by Crippen LogP contribution is 2.60. The zero-order chi connectivity index (χ0) is 20.0. The number of hydrogen-bond acceptors (Lipinski definition) is 3. The number of carbonyl (C=O) groups excluding carboxylic acids is 1. The molecule has 2 atom stereocenters. The van der Waals surface area contributed by atoms with Gasteiger partial charge in [-0.15, -0.1) is 0 Å². The average molecular weight is 395 g/mol. The van der Waals surface area contributed by atoms with Crippen molar-refractivity contribution in [1.82, 2.24) is 9.21 Å². The van der Waals surface area contributed by atoms with Crippen LogP contribution in [0, 0.1) is 23.1 Å². The fourth-order valence-electron chi connectivity index (χ4n) is 3.94. The van der Waals surface area contributed by atoms with E-state index in [1.807, 2.05) is 13.8 Å². The van der Waals surface area contributed by atoms with Crippen LogP contribution in [0.2, 0.25) is 0 Å². The molecule has 1 amide bonds. The van der Waals surface area contributed by atoms with E-state index >= 15 is 0 Å². The Bertz CT molecular complexity index is 867. The van der Waals surface area contributed by atoms with Crippen LogP contribution in [0.25, 0.3) is 0 Å². The quantitative estimate of drug-likeness (QED) is 0.738. The lowest BCUT2D eigenvalue weighted by molar-refractivity contribution is -0.134. The van der Waals surface area contributed by atoms with Crippen molar-refractivity contribution in [3.05, 3.63) is 41.7 Å². The van der Waals surface area contributed by atoms with E-state index in [1.165, 1.54) is 28.1 Å². The van der Waals surface area contributed by atoms with Crippen molar-refractivity contribution >= 4 is 15.9 Å². The van der Waals surface area contributed by atoms with Crippen molar-refractivity contribution in [1.29, 1.82) is 0 Å². The molecule has 1 aliphatic carbocycles. The van der Waals surface area contributed by atoms with Gasteiger partial charge >= 0.3 is 0 Å². The lowest BCUT2D eigenvalue weighted by atomic mass is 10.1. The monoisotopic (exact) mass is 394 g/mol. The molecule has 0 N–H and O–H groups in total. The Morgan fingerprint density at radius 1 is 1.19 bits per heavy atom. The number of allylic oxidation sites excluding steroid dienone is 2. The zero-order valence-electron chi connectivity index (χ0n) is 16.3. The summed E-state index contributed by atoms with van der Waals surface area (Å²) in [4.78, 5) is 14.6. The second-order valence-corrected chi connectivity index (χ2v) is 10.2. The van der Waals surface area contributed by atoms with Crippen molar-refractivity contribution in [3.63, 3.8) is 0 Å². The molecule has 1 aliphatic heterocycles. The third-order valence-electron chi connectivity index (χ3n) is 5.67. The van der Waals surface area contributed by atoms with Gasteiger partial charge in [0, 0.05) is 26.2 Å². The molecule has 3 rings (SSSR count). The molecule has 1 saturated heterocycles. The predicted octanol–water partition coefficient (Wildman–Crippen LogP) is 2.90. The van der Waals surface area contributed by atoms with E-state index in [0.29, 0.717) is 13.1 Å². The minimum absolute atomic E-state index is 0.0428. The van der Waals surface area contributed by atoms with Gasteiger partial charge in [0.05, 0.1) is 10.8 Å². The van der Waals surface area contributed by atoms with Crippen LogP contribution in [0.3, 0.4) is 0 Å². The predicted molar refractivity (Wildman–Crippen MR) is 102 cm³/mol. The molecule has 7 heteroatoms. The van der Waals surface area contributed by atoms with Crippen LogP contribution in [0.15, 0.2) is 40.8 Å². The molecule has 1 aromatic rings. The Morgan fingerprint density at radius 2 is 1.81 bits per heavy atom.